The van der Waals surface area contributed by atoms with Crippen LogP contribution in [-0.2, 0) is 0 Å². The maximum absolute atomic E-state index is 5.40. The third kappa shape index (κ3) is 4.50. The first-order valence-corrected chi connectivity index (χ1v) is 21.4. The molecule has 11 aromatic carbocycles. The fourth-order valence-corrected chi connectivity index (χ4v) is 11.4. The topological polar surface area (TPSA) is 17.3 Å². The number of fused-ring (bicyclic) bond motifs is 10. The lowest BCUT2D eigenvalue weighted by atomic mass is 9.87. The molecule has 0 unspecified atom stereocenters. The highest BCUT2D eigenvalue weighted by atomic mass is 32.1. The summed E-state index contributed by atoms with van der Waals surface area (Å²) in [7, 11) is 0. The molecule has 0 aliphatic heterocycles. The quantitative estimate of drug-likeness (QED) is 0.129. The normalized spacial score (nSPS) is 12.3. The molecule has 2 nitrogen and oxygen atoms in total. The molecular formula is C57H32N2S. The second kappa shape index (κ2) is 12.0. The van der Waals surface area contributed by atoms with Crippen LogP contribution in [0.25, 0.3) is 135 Å². The number of nitrogens with zero attached hydrogens (tertiary/aromatic N) is 2. The molecule has 0 aliphatic rings. The smallest absolute Gasteiger partial charge is 0.156 e. The van der Waals surface area contributed by atoms with E-state index in [4.69, 9.17) is 4.98 Å². The van der Waals surface area contributed by atoms with Gasteiger partial charge in [0.25, 0.3) is 0 Å². The fraction of sp³-hybridized carbons (Fsp3) is 0. The Balaban J connectivity index is 0.950. The summed E-state index contributed by atoms with van der Waals surface area (Å²) in [6.45, 7) is 0. The third-order valence-electron chi connectivity index (χ3n) is 13.1. The zero-order chi connectivity index (χ0) is 39.1. The standard InChI is InChI=1S/C57H32N2S/c1-2-9-39-29-41-31-52-50(30-40(41)28-38(39)8-1)58-57-56-49(47-14-5-6-15-53(47)60-56)32-51(59(52)57)34-18-16-33(17-19-34)42-26-27-45(44-13-4-3-12-43(42)44)46-24-22-37-21-20-35-10-7-11-36-23-25-48(46)55(37)54(35)36/h1-32H. The molecule has 0 saturated heterocycles. The molecule has 0 fully saturated rings. The fourth-order valence-electron chi connectivity index (χ4n) is 10.3. The predicted molar refractivity (Wildman–Crippen MR) is 258 cm³/mol. The number of benzene rings is 11. The molecule has 276 valence electrons. The summed E-state index contributed by atoms with van der Waals surface area (Å²) in [4.78, 5) is 5.40. The molecule has 0 aliphatic carbocycles. The van der Waals surface area contributed by atoms with E-state index >= 15 is 0 Å². The van der Waals surface area contributed by atoms with Crippen LogP contribution in [0, 0.1) is 0 Å². The van der Waals surface area contributed by atoms with Crippen LogP contribution < -0.4 is 0 Å². The molecule has 3 aromatic heterocycles. The summed E-state index contributed by atoms with van der Waals surface area (Å²) in [5.41, 5.74) is 10.4. The Hall–Kier alpha value is -7.59. The molecule has 0 bridgehead atoms. The number of thiophene rings is 1. The van der Waals surface area contributed by atoms with Gasteiger partial charge in [-0.25, -0.2) is 4.98 Å². The molecule has 3 heteroatoms. The molecule has 0 saturated carbocycles. The van der Waals surface area contributed by atoms with Crippen LogP contribution in [0.1, 0.15) is 0 Å². The van der Waals surface area contributed by atoms with Gasteiger partial charge in [-0.2, -0.15) is 0 Å². The van der Waals surface area contributed by atoms with Gasteiger partial charge in [0.1, 0.15) is 0 Å². The van der Waals surface area contributed by atoms with Gasteiger partial charge in [0, 0.05) is 15.5 Å². The van der Waals surface area contributed by atoms with Crippen LogP contribution in [0.15, 0.2) is 194 Å². The first kappa shape index (κ1) is 32.4. The molecule has 0 spiro atoms. The van der Waals surface area contributed by atoms with Crippen molar-refractivity contribution in [1.82, 2.24) is 9.38 Å². The lowest BCUT2D eigenvalue weighted by Crippen LogP contribution is -1.93. The average molecular weight is 777 g/mol. The second-order valence-corrected chi connectivity index (χ2v) is 17.3. The zero-order valence-corrected chi connectivity index (χ0v) is 33.1. The maximum Gasteiger partial charge on any atom is 0.156 e. The van der Waals surface area contributed by atoms with Gasteiger partial charge in [-0.15, -0.1) is 11.3 Å². The Morgan fingerprint density at radius 1 is 0.367 bits per heavy atom. The van der Waals surface area contributed by atoms with Gasteiger partial charge < -0.3 is 0 Å². The summed E-state index contributed by atoms with van der Waals surface area (Å²) in [6.07, 6.45) is 0. The highest BCUT2D eigenvalue weighted by Crippen LogP contribution is 2.44. The zero-order valence-electron chi connectivity index (χ0n) is 32.3. The SMILES string of the molecule is c1ccc2cc3cc4c(cc3cc2c1)nc1c2sc3ccccc3c2cc(-c2ccc(-c3ccc(-c5ccc6ccc7cccc8ccc5c6c78)c5ccccc35)cc2)n41. The number of pyridine rings is 1. The van der Waals surface area contributed by atoms with Crippen LogP contribution in [0.4, 0.5) is 0 Å². The molecule has 3 heterocycles. The summed E-state index contributed by atoms with van der Waals surface area (Å²) in [5.74, 6) is 0. The van der Waals surface area contributed by atoms with Crippen molar-refractivity contribution in [2.45, 2.75) is 0 Å². The van der Waals surface area contributed by atoms with Gasteiger partial charge in [0.2, 0.25) is 0 Å². The van der Waals surface area contributed by atoms with E-state index in [0.717, 1.165) is 27.9 Å². The largest absolute Gasteiger partial charge is 0.291 e. The minimum Gasteiger partial charge on any atom is -0.291 e. The first-order valence-electron chi connectivity index (χ1n) is 20.6. The first-order chi connectivity index (χ1) is 29.7. The van der Waals surface area contributed by atoms with Crippen LogP contribution in [0.5, 0.6) is 0 Å². The minimum absolute atomic E-state index is 1.01. The van der Waals surface area contributed by atoms with Crippen molar-refractivity contribution in [3.63, 3.8) is 0 Å². The van der Waals surface area contributed by atoms with E-state index in [0.29, 0.717) is 0 Å². The van der Waals surface area contributed by atoms with Crippen molar-refractivity contribution >= 4 is 113 Å². The Bertz CT molecular complexity index is 4100. The number of hydrogen-bond acceptors (Lipinski definition) is 2. The number of hydrogen-bond donors (Lipinski definition) is 0. The Labute approximate surface area is 348 Å². The Morgan fingerprint density at radius 2 is 0.950 bits per heavy atom. The van der Waals surface area contributed by atoms with E-state index in [-0.39, 0.29) is 0 Å². The summed E-state index contributed by atoms with van der Waals surface area (Å²) < 4.78 is 4.90. The van der Waals surface area contributed by atoms with Gasteiger partial charge in [-0.05, 0) is 129 Å². The number of rotatable bonds is 3. The van der Waals surface area contributed by atoms with Gasteiger partial charge >= 0.3 is 0 Å². The van der Waals surface area contributed by atoms with E-state index in [1.165, 1.54) is 107 Å². The Kier molecular flexibility index (Phi) is 6.47. The van der Waals surface area contributed by atoms with Gasteiger partial charge in [0.05, 0.1) is 21.4 Å². The van der Waals surface area contributed by atoms with Crippen LogP contribution in [0.3, 0.4) is 0 Å². The molecule has 0 amide bonds. The molecule has 60 heavy (non-hydrogen) atoms. The van der Waals surface area contributed by atoms with Gasteiger partial charge in [0.15, 0.2) is 5.65 Å². The van der Waals surface area contributed by atoms with Crippen molar-refractivity contribution in [2.24, 2.45) is 0 Å². The van der Waals surface area contributed by atoms with Crippen molar-refractivity contribution in [2.75, 3.05) is 0 Å². The summed E-state index contributed by atoms with van der Waals surface area (Å²) in [6, 6.07) is 72.1. The van der Waals surface area contributed by atoms with E-state index in [2.05, 4.69) is 199 Å². The molecule has 0 atom stereocenters. The molecular weight excluding hydrogens is 745 g/mol. The van der Waals surface area contributed by atoms with Crippen LogP contribution >= 0.6 is 11.3 Å². The number of imidazole rings is 1. The third-order valence-corrected chi connectivity index (χ3v) is 14.3. The monoisotopic (exact) mass is 776 g/mol. The highest BCUT2D eigenvalue weighted by Gasteiger charge is 2.20. The highest BCUT2D eigenvalue weighted by molar-refractivity contribution is 7.26. The average Bonchev–Trinajstić information content (AvgIpc) is 3.87. The second-order valence-electron chi connectivity index (χ2n) is 16.3. The molecule has 0 N–H and O–H groups in total. The van der Waals surface area contributed by atoms with Crippen LogP contribution in [-0.4, -0.2) is 9.38 Å². The Morgan fingerprint density at radius 3 is 1.75 bits per heavy atom. The maximum atomic E-state index is 5.40. The van der Waals surface area contributed by atoms with E-state index in [1.54, 1.807) is 0 Å². The molecule has 14 aromatic rings. The van der Waals surface area contributed by atoms with Gasteiger partial charge in [-0.3, -0.25) is 4.40 Å². The molecule has 14 rings (SSSR count). The van der Waals surface area contributed by atoms with Crippen molar-refractivity contribution in [3.8, 4) is 33.5 Å². The van der Waals surface area contributed by atoms with Crippen LogP contribution in [0.2, 0.25) is 0 Å². The lowest BCUT2D eigenvalue weighted by Gasteiger charge is -2.17. The summed E-state index contributed by atoms with van der Waals surface area (Å²) >= 11 is 1.84. The van der Waals surface area contributed by atoms with E-state index in [1.807, 2.05) is 11.3 Å². The molecule has 0 radical (unpaired) electrons. The van der Waals surface area contributed by atoms with Crippen molar-refractivity contribution in [3.05, 3.63) is 194 Å². The van der Waals surface area contributed by atoms with Crippen molar-refractivity contribution < 1.29 is 0 Å². The summed E-state index contributed by atoms with van der Waals surface area (Å²) in [5, 5.41) is 17.8. The predicted octanol–water partition coefficient (Wildman–Crippen LogP) is 16.2. The minimum atomic E-state index is 1.01. The van der Waals surface area contributed by atoms with Crippen molar-refractivity contribution in [1.29, 1.82) is 0 Å². The van der Waals surface area contributed by atoms with E-state index in [9.17, 15) is 0 Å². The lowest BCUT2D eigenvalue weighted by molar-refractivity contribution is 1.25. The number of aromatic nitrogens is 2. The van der Waals surface area contributed by atoms with E-state index < -0.39 is 0 Å². The van der Waals surface area contributed by atoms with Gasteiger partial charge in [-0.1, -0.05) is 158 Å².